The van der Waals surface area contributed by atoms with Crippen molar-refractivity contribution in [3.63, 3.8) is 0 Å². The van der Waals surface area contributed by atoms with Crippen molar-refractivity contribution in [3.8, 4) is 0 Å². The summed E-state index contributed by atoms with van der Waals surface area (Å²) in [6.07, 6.45) is 2.90. The predicted octanol–water partition coefficient (Wildman–Crippen LogP) is -0.847. The Morgan fingerprint density at radius 3 is 2.87 bits per heavy atom. The number of rotatable bonds is 3. The quantitative estimate of drug-likeness (QED) is 0.705. The summed E-state index contributed by atoms with van der Waals surface area (Å²) in [4.78, 5) is 10.5. The van der Waals surface area contributed by atoms with Gasteiger partial charge in [0, 0.05) is 7.05 Å². The summed E-state index contributed by atoms with van der Waals surface area (Å²) in [5.74, 6) is -0.420. The van der Waals surface area contributed by atoms with Crippen molar-refractivity contribution in [1.29, 1.82) is 0 Å². The maximum atomic E-state index is 10.5. The van der Waals surface area contributed by atoms with Crippen LogP contribution in [0.4, 0.5) is 0 Å². The second kappa shape index (κ2) is 3.48. The zero-order valence-corrected chi connectivity index (χ0v) is 7.90. The molecule has 2 heterocycles. The van der Waals surface area contributed by atoms with E-state index < -0.39 is 5.97 Å². The van der Waals surface area contributed by atoms with Gasteiger partial charge in [-0.2, -0.15) is 0 Å². The molecule has 0 aromatic carbocycles. The molecule has 2 aromatic heterocycles. The Balaban J connectivity index is 2.18. The van der Waals surface area contributed by atoms with Crippen molar-refractivity contribution < 1.29 is 9.90 Å². The number of aryl methyl sites for hydroxylation is 1. The van der Waals surface area contributed by atoms with Gasteiger partial charge in [0.15, 0.2) is 11.5 Å². The smallest absolute Gasteiger partial charge is 0.358 e. The third-order valence-corrected chi connectivity index (χ3v) is 1.87. The van der Waals surface area contributed by atoms with Crippen molar-refractivity contribution in [3.05, 3.63) is 24.0 Å². The fraction of sp³-hybridized carbons (Fsp3) is 0.286. The van der Waals surface area contributed by atoms with E-state index in [9.17, 15) is 4.79 Å². The number of nitrogens with zero attached hydrogens (tertiary/aromatic N) is 6. The number of hydrogen-bond donors (Lipinski definition) is 1. The lowest BCUT2D eigenvalue weighted by Gasteiger charge is -1.98. The van der Waals surface area contributed by atoms with Gasteiger partial charge in [-0.05, 0) is 0 Å². The Morgan fingerprint density at radius 2 is 2.33 bits per heavy atom. The summed E-state index contributed by atoms with van der Waals surface area (Å²) >= 11 is 0. The Bertz CT molecular complexity index is 487. The molecule has 0 aliphatic carbocycles. The minimum Gasteiger partial charge on any atom is -0.476 e. The molecule has 0 aliphatic rings. The SMILES string of the molecule is Cn1cnnc1Cn1cc(C(=O)O)nn1. The van der Waals surface area contributed by atoms with Crippen LogP contribution in [0.2, 0.25) is 0 Å². The van der Waals surface area contributed by atoms with Gasteiger partial charge in [0.1, 0.15) is 12.9 Å². The van der Waals surface area contributed by atoms with E-state index in [0.717, 1.165) is 0 Å². The number of aromatic carboxylic acids is 1. The van der Waals surface area contributed by atoms with Gasteiger partial charge in [-0.15, -0.1) is 15.3 Å². The molecule has 0 amide bonds. The molecule has 2 rings (SSSR count). The Hall–Kier alpha value is -2.25. The largest absolute Gasteiger partial charge is 0.476 e. The molecule has 0 bridgehead atoms. The zero-order chi connectivity index (χ0) is 10.8. The van der Waals surface area contributed by atoms with Gasteiger partial charge >= 0.3 is 5.97 Å². The lowest BCUT2D eigenvalue weighted by atomic mass is 10.5. The molecule has 8 nitrogen and oxygen atoms in total. The summed E-state index contributed by atoms with van der Waals surface area (Å²) in [6.45, 7) is 0.344. The molecule has 0 radical (unpaired) electrons. The molecule has 0 unspecified atom stereocenters. The molecule has 78 valence electrons. The van der Waals surface area contributed by atoms with E-state index in [0.29, 0.717) is 12.4 Å². The maximum Gasteiger partial charge on any atom is 0.358 e. The second-order valence-corrected chi connectivity index (χ2v) is 2.96. The minimum atomic E-state index is -1.10. The first-order chi connectivity index (χ1) is 7.16. The Kier molecular flexibility index (Phi) is 2.16. The highest BCUT2D eigenvalue weighted by Crippen LogP contribution is 1.97. The van der Waals surface area contributed by atoms with Gasteiger partial charge in [-0.1, -0.05) is 5.21 Å². The fourth-order valence-corrected chi connectivity index (χ4v) is 1.07. The fourth-order valence-electron chi connectivity index (χ4n) is 1.07. The van der Waals surface area contributed by atoms with E-state index in [1.54, 1.807) is 17.9 Å². The molecular weight excluding hydrogens is 200 g/mol. The highest BCUT2D eigenvalue weighted by molar-refractivity contribution is 5.84. The van der Waals surface area contributed by atoms with Crippen LogP contribution in [0, 0.1) is 0 Å². The van der Waals surface area contributed by atoms with Gasteiger partial charge < -0.3 is 9.67 Å². The van der Waals surface area contributed by atoms with Crippen LogP contribution in [-0.4, -0.2) is 40.8 Å². The number of carboxylic acid groups (broad SMARTS) is 1. The highest BCUT2D eigenvalue weighted by Gasteiger charge is 2.09. The Morgan fingerprint density at radius 1 is 1.53 bits per heavy atom. The molecule has 0 saturated carbocycles. The highest BCUT2D eigenvalue weighted by atomic mass is 16.4. The van der Waals surface area contributed by atoms with E-state index >= 15 is 0 Å². The third kappa shape index (κ3) is 1.82. The summed E-state index contributed by atoms with van der Waals surface area (Å²) in [5.41, 5.74) is -0.0860. The van der Waals surface area contributed by atoms with E-state index in [4.69, 9.17) is 5.11 Å². The number of aromatic nitrogens is 6. The van der Waals surface area contributed by atoms with Crippen LogP contribution in [0.1, 0.15) is 16.3 Å². The lowest BCUT2D eigenvalue weighted by Crippen LogP contribution is -2.06. The average Bonchev–Trinajstić information content (AvgIpc) is 2.77. The molecule has 0 atom stereocenters. The van der Waals surface area contributed by atoms with Crippen LogP contribution in [-0.2, 0) is 13.6 Å². The summed E-state index contributed by atoms with van der Waals surface area (Å²) < 4.78 is 3.12. The minimum absolute atomic E-state index is 0.0860. The van der Waals surface area contributed by atoms with Crippen LogP contribution < -0.4 is 0 Å². The monoisotopic (exact) mass is 208 g/mol. The molecule has 0 spiro atoms. The first kappa shape index (κ1) is 9.31. The molecule has 15 heavy (non-hydrogen) atoms. The van der Waals surface area contributed by atoms with E-state index in [2.05, 4.69) is 20.5 Å². The summed E-state index contributed by atoms with van der Waals surface area (Å²) in [5, 5.41) is 23.3. The van der Waals surface area contributed by atoms with Crippen LogP contribution in [0.3, 0.4) is 0 Å². The summed E-state index contributed by atoms with van der Waals surface area (Å²) in [6, 6.07) is 0. The standard InChI is InChI=1S/C7H8N6O2/c1-12-4-8-10-6(12)3-13-2-5(7(14)15)9-11-13/h2,4H,3H2,1H3,(H,14,15). The molecule has 0 aliphatic heterocycles. The van der Waals surface area contributed by atoms with Gasteiger partial charge in [-0.25, -0.2) is 9.48 Å². The predicted molar refractivity (Wildman–Crippen MR) is 47.1 cm³/mol. The second-order valence-electron chi connectivity index (χ2n) is 2.96. The zero-order valence-electron chi connectivity index (χ0n) is 7.90. The van der Waals surface area contributed by atoms with Crippen molar-refractivity contribution in [2.75, 3.05) is 0 Å². The topological polar surface area (TPSA) is 98.7 Å². The Labute approximate surface area is 84.2 Å². The van der Waals surface area contributed by atoms with Gasteiger partial charge in [0.2, 0.25) is 0 Å². The lowest BCUT2D eigenvalue weighted by molar-refractivity contribution is 0.0690. The van der Waals surface area contributed by atoms with Crippen LogP contribution in [0.15, 0.2) is 12.5 Å². The maximum absolute atomic E-state index is 10.5. The first-order valence-electron chi connectivity index (χ1n) is 4.13. The van der Waals surface area contributed by atoms with Gasteiger partial charge in [-0.3, -0.25) is 0 Å². The van der Waals surface area contributed by atoms with E-state index in [1.807, 2.05) is 0 Å². The number of carboxylic acids is 1. The average molecular weight is 208 g/mol. The molecule has 2 aromatic rings. The van der Waals surface area contributed by atoms with Crippen molar-refractivity contribution in [2.45, 2.75) is 6.54 Å². The summed E-state index contributed by atoms with van der Waals surface area (Å²) in [7, 11) is 1.80. The number of hydrogen-bond acceptors (Lipinski definition) is 5. The van der Waals surface area contributed by atoms with Gasteiger partial charge in [0.05, 0.1) is 6.20 Å². The van der Waals surface area contributed by atoms with E-state index in [-0.39, 0.29) is 5.69 Å². The first-order valence-corrected chi connectivity index (χ1v) is 4.13. The molecule has 0 saturated heterocycles. The van der Waals surface area contributed by atoms with Crippen LogP contribution in [0.5, 0.6) is 0 Å². The molecule has 0 fully saturated rings. The van der Waals surface area contributed by atoms with Crippen molar-refractivity contribution >= 4 is 5.97 Å². The third-order valence-electron chi connectivity index (χ3n) is 1.87. The van der Waals surface area contributed by atoms with E-state index in [1.165, 1.54) is 10.9 Å². The van der Waals surface area contributed by atoms with Crippen molar-refractivity contribution in [2.24, 2.45) is 7.05 Å². The van der Waals surface area contributed by atoms with Crippen LogP contribution in [0.25, 0.3) is 0 Å². The molecule has 1 N–H and O–H groups in total. The molecular formula is C7H8N6O2. The molecule has 8 heteroatoms. The number of carbonyl (C=O) groups is 1. The van der Waals surface area contributed by atoms with Crippen molar-refractivity contribution in [1.82, 2.24) is 29.8 Å². The van der Waals surface area contributed by atoms with Gasteiger partial charge in [0.25, 0.3) is 0 Å². The van der Waals surface area contributed by atoms with Crippen LogP contribution >= 0.6 is 0 Å². The normalized spacial score (nSPS) is 10.5.